The maximum atomic E-state index is 4.47. The second-order valence-electron chi connectivity index (χ2n) is 5.44. The third-order valence-electron chi connectivity index (χ3n) is 4.37. The fraction of sp³-hybridized carbons (Fsp3) is 0.571. The number of fused-ring (bicyclic) bond motifs is 3. The maximum Gasteiger partial charge on any atom is 0.157 e. The van der Waals surface area contributed by atoms with E-state index >= 15 is 0 Å². The van der Waals surface area contributed by atoms with E-state index < -0.39 is 0 Å². The first kappa shape index (κ1) is 10.4. The fourth-order valence-corrected chi connectivity index (χ4v) is 3.47. The summed E-state index contributed by atoms with van der Waals surface area (Å²) < 4.78 is 2.02. The van der Waals surface area contributed by atoms with E-state index in [2.05, 4.69) is 15.0 Å². The van der Waals surface area contributed by atoms with E-state index in [9.17, 15) is 0 Å². The van der Waals surface area contributed by atoms with E-state index in [1.807, 2.05) is 23.0 Å². The van der Waals surface area contributed by atoms with Gasteiger partial charge < -0.3 is 4.90 Å². The van der Waals surface area contributed by atoms with Crippen LogP contribution >= 0.6 is 0 Å². The number of nitrogens with zero attached hydrogens (tertiary/aromatic N) is 4. The minimum atomic E-state index is 0.717. The predicted octanol–water partition coefficient (Wildman–Crippen LogP) is 2.42. The molecule has 1 aliphatic carbocycles. The fourth-order valence-electron chi connectivity index (χ4n) is 3.47. The molecule has 4 rings (SSSR count). The van der Waals surface area contributed by atoms with Gasteiger partial charge in [0.1, 0.15) is 5.82 Å². The van der Waals surface area contributed by atoms with Crippen molar-refractivity contribution in [2.75, 3.05) is 11.4 Å². The van der Waals surface area contributed by atoms with Crippen molar-refractivity contribution >= 4 is 11.5 Å². The van der Waals surface area contributed by atoms with Crippen molar-refractivity contribution in [3.05, 3.63) is 24.0 Å². The molecule has 4 nitrogen and oxygen atoms in total. The number of anilines is 1. The molecular weight excluding hydrogens is 224 g/mol. The maximum absolute atomic E-state index is 4.47. The van der Waals surface area contributed by atoms with Crippen molar-refractivity contribution in [3.8, 4) is 0 Å². The standard InChI is InChI=1S/C14H18N4/c1-2-4-12(5-3-1)17-9-7-11-10-15-13-6-8-16-18(13)14(11)17/h6,8,10,12H,1-5,7,9H2. The lowest BCUT2D eigenvalue weighted by atomic mass is 9.94. The first-order valence-electron chi connectivity index (χ1n) is 7.02. The average molecular weight is 242 g/mol. The van der Waals surface area contributed by atoms with Gasteiger partial charge >= 0.3 is 0 Å². The molecule has 0 unspecified atom stereocenters. The number of hydrogen-bond acceptors (Lipinski definition) is 3. The zero-order valence-electron chi connectivity index (χ0n) is 10.5. The molecule has 0 atom stereocenters. The molecule has 1 aliphatic heterocycles. The molecule has 3 heterocycles. The van der Waals surface area contributed by atoms with Crippen LogP contribution in [0, 0.1) is 0 Å². The average Bonchev–Trinajstić information content (AvgIpc) is 3.05. The lowest BCUT2D eigenvalue weighted by Crippen LogP contribution is -2.36. The van der Waals surface area contributed by atoms with E-state index in [-0.39, 0.29) is 0 Å². The van der Waals surface area contributed by atoms with Crippen molar-refractivity contribution in [1.82, 2.24) is 14.6 Å². The summed E-state index contributed by atoms with van der Waals surface area (Å²) in [5.41, 5.74) is 2.33. The van der Waals surface area contributed by atoms with Crippen LogP contribution in [0.15, 0.2) is 18.5 Å². The zero-order valence-corrected chi connectivity index (χ0v) is 10.5. The second kappa shape index (κ2) is 3.97. The van der Waals surface area contributed by atoms with Gasteiger partial charge in [-0.25, -0.2) is 4.98 Å². The Bertz CT molecular complexity index is 568. The summed E-state index contributed by atoms with van der Waals surface area (Å²) in [6.45, 7) is 1.14. The molecule has 18 heavy (non-hydrogen) atoms. The van der Waals surface area contributed by atoms with Crippen molar-refractivity contribution in [2.24, 2.45) is 0 Å². The highest BCUT2D eigenvalue weighted by molar-refractivity contribution is 5.58. The molecule has 0 spiro atoms. The summed E-state index contributed by atoms with van der Waals surface area (Å²) in [6.07, 6.45) is 11.8. The third kappa shape index (κ3) is 1.44. The molecule has 0 aromatic carbocycles. The summed E-state index contributed by atoms with van der Waals surface area (Å²) in [4.78, 5) is 7.05. The molecule has 0 radical (unpaired) electrons. The van der Waals surface area contributed by atoms with Gasteiger partial charge in [-0.15, -0.1) is 0 Å². The lowest BCUT2D eigenvalue weighted by molar-refractivity contribution is 0.417. The minimum Gasteiger partial charge on any atom is -0.353 e. The summed E-state index contributed by atoms with van der Waals surface area (Å²) in [7, 11) is 0. The Kier molecular flexibility index (Phi) is 2.28. The van der Waals surface area contributed by atoms with Crippen molar-refractivity contribution < 1.29 is 0 Å². The molecule has 1 saturated carbocycles. The Balaban J connectivity index is 1.79. The third-order valence-corrected chi connectivity index (χ3v) is 4.37. The van der Waals surface area contributed by atoms with E-state index in [1.165, 1.54) is 43.5 Å². The normalized spacial score (nSPS) is 20.6. The largest absolute Gasteiger partial charge is 0.353 e. The first-order chi connectivity index (χ1) is 8.93. The smallest absolute Gasteiger partial charge is 0.157 e. The van der Waals surface area contributed by atoms with Gasteiger partial charge in [0, 0.05) is 30.4 Å². The van der Waals surface area contributed by atoms with E-state index in [0.717, 1.165) is 24.7 Å². The van der Waals surface area contributed by atoms with Crippen molar-refractivity contribution in [1.29, 1.82) is 0 Å². The van der Waals surface area contributed by atoms with Gasteiger partial charge in [0.25, 0.3) is 0 Å². The number of hydrogen-bond donors (Lipinski definition) is 0. The van der Waals surface area contributed by atoms with Crippen LogP contribution in [-0.2, 0) is 6.42 Å². The highest BCUT2D eigenvalue weighted by atomic mass is 15.4. The summed E-state index contributed by atoms with van der Waals surface area (Å²) >= 11 is 0. The van der Waals surface area contributed by atoms with Gasteiger partial charge in [-0.1, -0.05) is 19.3 Å². The number of aromatic nitrogens is 3. The SMILES string of the molecule is c1cc2ncc3c(n2n1)N(C1CCCCC1)CC3. The summed E-state index contributed by atoms with van der Waals surface area (Å²) in [6, 6.07) is 2.70. The minimum absolute atomic E-state index is 0.717. The van der Waals surface area contributed by atoms with Gasteiger partial charge in [0.05, 0.1) is 6.20 Å². The molecule has 2 aromatic heterocycles. The predicted molar refractivity (Wildman–Crippen MR) is 70.9 cm³/mol. The van der Waals surface area contributed by atoms with Crippen molar-refractivity contribution in [3.63, 3.8) is 0 Å². The highest BCUT2D eigenvalue weighted by Crippen LogP contribution is 2.33. The first-order valence-corrected chi connectivity index (χ1v) is 7.02. The Morgan fingerprint density at radius 1 is 1.17 bits per heavy atom. The molecule has 4 heteroatoms. The molecule has 2 aliphatic rings. The quantitative estimate of drug-likeness (QED) is 0.770. The molecule has 0 amide bonds. The summed E-state index contributed by atoms with van der Waals surface area (Å²) in [5.74, 6) is 1.30. The highest BCUT2D eigenvalue weighted by Gasteiger charge is 2.29. The molecule has 1 fully saturated rings. The zero-order chi connectivity index (χ0) is 11.9. The second-order valence-corrected chi connectivity index (χ2v) is 5.44. The molecule has 0 bridgehead atoms. The van der Waals surface area contributed by atoms with Gasteiger partial charge in [-0.05, 0) is 19.3 Å². The number of rotatable bonds is 1. The summed E-state index contributed by atoms with van der Waals surface area (Å²) in [5, 5.41) is 4.45. The molecule has 0 N–H and O–H groups in total. The van der Waals surface area contributed by atoms with Crippen LogP contribution in [0.2, 0.25) is 0 Å². The topological polar surface area (TPSA) is 33.4 Å². The Labute approximate surface area is 107 Å². The molecule has 94 valence electrons. The molecule has 0 saturated heterocycles. The Hall–Kier alpha value is -1.58. The van der Waals surface area contributed by atoms with Gasteiger partial charge in [-0.3, -0.25) is 0 Å². The Morgan fingerprint density at radius 3 is 2.94 bits per heavy atom. The van der Waals surface area contributed by atoms with Crippen LogP contribution in [0.25, 0.3) is 5.65 Å². The van der Waals surface area contributed by atoms with Crippen LogP contribution in [0.4, 0.5) is 5.82 Å². The van der Waals surface area contributed by atoms with Gasteiger partial charge in [-0.2, -0.15) is 9.61 Å². The van der Waals surface area contributed by atoms with Gasteiger partial charge in [0.15, 0.2) is 5.65 Å². The molecule has 2 aromatic rings. The van der Waals surface area contributed by atoms with E-state index in [0.29, 0.717) is 0 Å². The van der Waals surface area contributed by atoms with Crippen molar-refractivity contribution in [2.45, 2.75) is 44.6 Å². The van der Waals surface area contributed by atoms with Crippen LogP contribution < -0.4 is 4.90 Å². The van der Waals surface area contributed by atoms with Gasteiger partial charge in [0.2, 0.25) is 0 Å². The molecular formula is C14H18N4. The van der Waals surface area contributed by atoms with Crippen LogP contribution in [0.5, 0.6) is 0 Å². The lowest BCUT2D eigenvalue weighted by Gasteiger charge is -2.33. The van der Waals surface area contributed by atoms with E-state index in [1.54, 1.807) is 0 Å². The van der Waals surface area contributed by atoms with Crippen LogP contribution in [0.3, 0.4) is 0 Å². The van der Waals surface area contributed by atoms with Crippen LogP contribution in [-0.4, -0.2) is 27.2 Å². The van der Waals surface area contributed by atoms with Crippen LogP contribution in [0.1, 0.15) is 37.7 Å². The van der Waals surface area contributed by atoms with E-state index in [4.69, 9.17) is 0 Å². The monoisotopic (exact) mass is 242 g/mol. The Morgan fingerprint density at radius 2 is 2.06 bits per heavy atom.